The molecule has 1 aliphatic carbocycles. The first kappa shape index (κ1) is 18.7. The Kier molecular flexibility index (Phi) is 5.49. The Morgan fingerprint density at radius 2 is 1.69 bits per heavy atom. The number of benzene rings is 2. The standard InChI is InChI=1S/C19H17Cl2FN2O2/c20-15-6-1-12(9-16(15)21)18(26)23-10-17(25)24-11-19(7-8-19)13-2-4-14(22)5-3-13/h1-6,9H,7-8,10-11H2,(H,23,26)(H,24,25). The Balaban J connectivity index is 1.49. The van der Waals surface area contributed by atoms with E-state index in [1.54, 1.807) is 12.1 Å². The van der Waals surface area contributed by atoms with Gasteiger partial charge in [-0.25, -0.2) is 4.39 Å². The maximum absolute atomic E-state index is 13.0. The van der Waals surface area contributed by atoms with Gasteiger partial charge in [0.1, 0.15) is 5.82 Å². The lowest BCUT2D eigenvalue weighted by Gasteiger charge is -2.17. The van der Waals surface area contributed by atoms with Crippen molar-refractivity contribution in [1.29, 1.82) is 0 Å². The summed E-state index contributed by atoms with van der Waals surface area (Å²) in [5, 5.41) is 6.01. The average molecular weight is 395 g/mol. The molecule has 0 saturated heterocycles. The molecule has 1 aliphatic rings. The molecule has 3 rings (SSSR count). The first-order valence-corrected chi connectivity index (χ1v) is 8.91. The van der Waals surface area contributed by atoms with Crippen molar-refractivity contribution in [3.8, 4) is 0 Å². The Morgan fingerprint density at radius 1 is 1.00 bits per heavy atom. The number of amides is 2. The number of hydrogen-bond donors (Lipinski definition) is 2. The topological polar surface area (TPSA) is 58.2 Å². The molecule has 0 atom stereocenters. The number of carbonyl (C=O) groups excluding carboxylic acids is 2. The van der Waals surface area contributed by atoms with Crippen LogP contribution in [-0.4, -0.2) is 24.9 Å². The summed E-state index contributed by atoms with van der Waals surface area (Å²) in [6, 6.07) is 10.9. The number of rotatable bonds is 6. The summed E-state index contributed by atoms with van der Waals surface area (Å²) in [7, 11) is 0. The molecule has 136 valence electrons. The van der Waals surface area contributed by atoms with Crippen LogP contribution in [0.1, 0.15) is 28.8 Å². The summed E-state index contributed by atoms with van der Waals surface area (Å²) in [4.78, 5) is 24.1. The quantitative estimate of drug-likeness (QED) is 0.784. The van der Waals surface area contributed by atoms with Crippen LogP contribution in [0.2, 0.25) is 10.0 Å². The van der Waals surface area contributed by atoms with E-state index >= 15 is 0 Å². The Morgan fingerprint density at radius 3 is 2.31 bits per heavy atom. The lowest BCUT2D eigenvalue weighted by molar-refractivity contribution is -0.120. The highest BCUT2D eigenvalue weighted by atomic mass is 35.5. The molecule has 4 nitrogen and oxygen atoms in total. The predicted molar refractivity (Wildman–Crippen MR) is 99.1 cm³/mol. The molecule has 0 bridgehead atoms. The third kappa shape index (κ3) is 4.34. The molecule has 0 aromatic heterocycles. The number of hydrogen-bond acceptors (Lipinski definition) is 2. The van der Waals surface area contributed by atoms with E-state index in [0.717, 1.165) is 18.4 Å². The van der Waals surface area contributed by atoms with Crippen LogP contribution in [0.3, 0.4) is 0 Å². The van der Waals surface area contributed by atoms with Gasteiger partial charge in [-0.2, -0.15) is 0 Å². The van der Waals surface area contributed by atoms with Crippen LogP contribution in [0.25, 0.3) is 0 Å². The van der Waals surface area contributed by atoms with Gasteiger partial charge in [-0.05, 0) is 48.7 Å². The monoisotopic (exact) mass is 394 g/mol. The van der Waals surface area contributed by atoms with Gasteiger partial charge < -0.3 is 10.6 Å². The second-order valence-electron chi connectivity index (χ2n) is 6.38. The molecule has 1 fully saturated rings. The van der Waals surface area contributed by atoms with Crippen LogP contribution in [0.4, 0.5) is 4.39 Å². The maximum Gasteiger partial charge on any atom is 0.251 e. The first-order valence-electron chi connectivity index (χ1n) is 8.16. The molecular formula is C19H17Cl2FN2O2. The fourth-order valence-corrected chi connectivity index (χ4v) is 3.05. The lowest BCUT2D eigenvalue weighted by Crippen LogP contribution is -2.40. The molecule has 0 heterocycles. The molecule has 2 N–H and O–H groups in total. The van der Waals surface area contributed by atoms with Gasteiger partial charge in [0.15, 0.2) is 0 Å². The molecule has 0 radical (unpaired) electrons. The van der Waals surface area contributed by atoms with Gasteiger partial charge in [0.05, 0.1) is 16.6 Å². The molecular weight excluding hydrogens is 378 g/mol. The number of halogens is 3. The zero-order valence-corrected chi connectivity index (χ0v) is 15.3. The highest BCUT2D eigenvalue weighted by Gasteiger charge is 2.44. The van der Waals surface area contributed by atoms with E-state index in [0.29, 0.717) is 17.1 Å². The highest BCUT2D eigenvalue weighted by molar-refractivity contribution is 6.42. The molecule has 0 aliphatic heterocycles. The molecule has 7 heteroatoms. The van der Waals surface area contributed by atoms with E-state index in [-0.39, 0.29) is 28.7 Å². The van der Waals surface area contributed by atoms with Gasteiger partial charge >= 0.3 is 0 Å². The van der Waals surface area contributed by atoms with E-state index in [2.05, 4.69) is 10.6 Å². The van der Waals surface area contributed by atoms with Gasteiger partial charge in [0, 0.05) is 17.5 Å². The van der Waals surface area contributed by atoms with Gasteiger partial charge in [-0.15, -0.1) is 0 Å². The van der Waals surface area contributed by atoms with Crippen molar-refractivity contribution >= 4 is 35.0 Å². The molecule has 2 aromatic rings. The Hall–Kier alpha value is -2.11. The highest BCUT2D eigenvalue weighted by Crippen LogP contribution is 2.47. The van der Waals surface area contributed by atoms with Crippen LogP contribution < -0.4 is 10.6 Å². The van der Waals surface area contributed by atoms with Crippen molar-refractivity contribution < 1.29 is 14.0 Å². The largest absolute Gasteiger partial charge is 0.354 e. The van der Waals surface area contributed by atoms with E-state index in [4.69, 9.17) is 23.2 Å². The predicted octanol–water partition coefficient (Wildman–Crippen LogP) is 3.71. The van der Waals surface area contributed by atoms with E-state index in [1.165, 1.54) is 30.3 Å². The van der Waals surface area contributed by atoms with Crippen LogP contribution in [0.15, 0.2) is 42.5 Å². The molecule has 0 spiro atoms. The Bertz CT molecular complexity index is 836. The summed E-state index contributed by atoms with van der Waals surface area (Å²) < 4.78 is 13.0. The fraction of sp³-hybridized carbons (Fsp3) is 0.263. The SMILES string of the molecule is O=C(CNC(=O)c1ccc(Cl)c(Cl)c1)NCC1(c2ccc(F)cc2)CC1. The van der Waals surface area contributed by atoms with Gasteiger partial charge in [-0.1, -0.05) is 35.3 Å². The maximum atomic E-state index is 13.0. The molecule has 0 unspecified atom stereocenters. The minimum absolute atomic E-state index is 0.128. The van der Waals surface area contributed by atoms with Crippen LogP contribution >= 0.6 is 23.2 Å². The van der Waals surface area contributed by atoms with Gasteiger partial charge in [0.25, 0.3) is 5.91 Å². The van der Waals surface area contributed by atoms with Crippen molar-refractivity contribution in [3.63, 3.8) is 0 Å². The normalized spacial score (nSPS) is 14.6. The zero-order chi connectivity index (χ0) is 18.7. The third-order valence-electron chi connectivity index (χ3n) is 4.53. The fourth-order valence-electron chi connectivity index (χ4n) is 2.75. The summed E-state index contributed by atoms with van der Waals surface area (Å²) in [5.41, 5.74) is 1.22. The molecule has 26 heavy (non-hydrogen) atoms. The van der Waals surface area contributed by atoms with Gasteiger partial charge in [-0.3, -0.25) is 9.59 Å². The Labute approximate surface area is 160 Å². The summed E-state index contributed by atoms with van der Waals surface area (Å²) >= 11 is 11.7. The lowest BCUT2D eigenvalue weighted by atomic mass is 9.96. The van der Waals surface area contributed by atoms with Crippen LogP contribution in [0, 0.1) is 5.82 Å². The second kappa shape index (κ2) is 7.64. The van der Waals surface area contributed by atoms with E-state index in [1.807, 2.05) is 0 Å². The first-order chi connectivity index (χ1) is 12.4. The number of nitrogens with one attached hydrogen (secondary N) is 2. The smallest absolute Gasteiger partial charge is 0.251 e. The second-order valence-corrected chi connectivity index (χ2v) is 7.19. The van der Waals surface area contributed by atoms with Crippen LogP contribution in [0.5, 0.6) is 0 Å². The number of carbonyl (C=O) groups is 2. The van der Waals surface area contributed by atoms with Gasteiger partial charge in [0.2, 0.25) is 5.91 Å². The summed E-state index contributed by atoms with van der Waals surface area (Å²) in [6.45, 7) is 0.318. The van der Waals surface area contributed by atoms with Crippen molar-refractivity contribution in [2.24, 2.45) is 0 Å². The van der Waals surface area contributed by atoms with E-state index in [9.17, 15) is 14.0 Å². The van der Waals surface area contributed by atoms with Crippen molar-refractivity contribution in [3.05, 3.63) is 69.5 Å². The summed E-state index contributed by atoms with van der Waals surface area (Å²) in [5.74, 6) is -0.969. The molecule has 2 amide bonds. The van der Waals surface area contributed by atoms with E-state index < -0.39 is 5.91 Å². The minimum Gasteiger partial charge on any atom is -0.354 e. The zero-order valence-electron chi connectivity index (χ0n) is 13.8. The van der Waals surface area contributed by atoms with Crippen molar-refractivity contribution in [1.82, 2.24) is 10.6 Å². The minimum atomic E-state index is -0.404. The van der Waals surface area contributed by atoms with Crippen molar-refractivity contribution in [2.45, 2.75) is 18.3 Å². The molecule has 1 saturated carbocycles. The van der Waals surface area contributed by atoms with Crippen molar-refractivity contribution in [2.75, 3.05) is 13.1 Å². The third-order valence-corrected chi connectivity index (χ3v) is 5.26. The van der Waals surface area contributed by atoms with Crippen LogP contribution in [-0.2, 0) is 10.2 Å². The average Bonchev–Trinajstić information content (AvgIpc) is 3.42. The summed E-state index contributed by atoms with van der Waals surface area (Å²) in [6.07, 6.45) is 1.88. The molecule has 2 aromatic carbocycles.